The Kier molecular flexibility index (Phi) is 4.37. The molecule has 0 saturated carbocycles. The molecule has 138 valence electrons. The summed E-state index contributed by atoms with van der Waals surface area (Å²) >= 11 is 0. The van der Waals surface area contributed by atoms with Crippen LogP contribution in [0.25, 0.3) is 11.0 Å². The van der Waals surface area contributed by atoms with Gasteiger partial charge in [0.15, 0.2) is 0 Å². The van der Waals surface area contributed by atoms with Crippen molar-refractivity contribution in [2.24, 2.45) is 7.05 Å². The second kappa shape index (κ2) is 6.69. The summed E-state index contributed by atoms with van der Waals surface area (Å²) in [6.07, 6.45) is 0.424. The van der Waals surface area contributed by atoms with Crippen LogP contribution in [-0.2, 0) is 24.8 Å². The molecule has 0 unspecified atom stereocenters. The Morgan fingerprint density at radius 2 is 1.92 bits per heavy atom. The molecule has 1 aromatic carbocycles. The number of hydrogen-bond acceptors (Lipinski definition) is 6. The zero-order chi connectivity index (χ0) is 18.3. The molecule has 0 radical (unpaired) electrons. The van der Waals surface area contributed by atoms with Gasteiger partial charge in [0, 0.05) is 33.1 Å². The highest BCUT2D eigenvalue weighted by molar-refractivity contribution is 5.75. The molecule has 4 rings (SSSR count). The van der Waals surface area contributed by atoms with Gasteiger partial charge in [-0.25, -0.2) is 4.79 Å². The third-order valence-corrected chi connectivity index (χ3v) is 4.80. The largest absolute Gasteiger partial charge is 0.422 e. The summed E-state index contributed by atoms with van der Waals surface area (Å²) in [4.78, 5) is 14.7. The molecule has 0 amide bonds. The van der Waals surface area contributed by atoms with E-state index in [1.54, 1.807) is 16.2 Å². The van der Waals surface area contributed by atoms with Crippen molar-refractivity contribution in [3.8, 4) is 0 Å². The number of morpholine rings is 1. The fraction of sp³-hybridized carbons (Fsp3) is 0.500. The predicted molar refractivity (Wildman–Crippen MR) is 96.0 cm³/mol. The van der Waals surface area contributed by atoms with Crippen molar-refractivity contribution in [2.45, 2.75) is 32.1 Å². The van der Waals surface area contributed by atoms with Crippen LogP contribution in [0.4, 0.5) is 0 Å². The number of para-hydroxylation sites is 2. The van der Waals surface area contributed by atoms with E-state index in [2.05, 4.69) is 22.1 Å². The van der Waals surface area contributed by atoms with Crippen molar-refractivity contribution in [1.29, 1.82) is 0 Å². The number of nitrogens with zero attached hydrogens (tertiary/aromatic N) is 5. The Balaban J connectivity index is 1.51. The van der Waals surface area contributed by atoms with Gasteiger partial charge in [0.25, 0.3) is 0 Å². The minimum Gasteiger partial charge on any atom is -0.422 e. The molecule has 0 spiro atoms. The summed E-state index contributed by atoms with van der Waals surface area (Å²) in [5.74, 6) is 1.02. The maximum absolute atomic E-state index is 12.5. The molecular weight excluding hydrogens is 334 g/mol. The highest BCUT2D eigenvalue weighted by Crippen LogP contribution is 2.23. The van der Waals surface area contributed by atoms with Crippen LogP contribution >= 0.6 is 0 Å². The van der Waals surface area contributed by atoms with Crippen LogP contribution in [0.2, 0.25) is 0 Å². The van der Waals surface area contributed by atoms with E-state index in [-0.39, 0.29) is 17.9 Å². The number of rotatable bonds is 4. The topological polar surface area (TPSA) is 78.3 Å². The molecule has 0 aliphatic carbocycles. The first kappa shape index (κ1) is 17.0. The molecule has 2 atom stereocenters. The Morgan fingerprint density at radius 1 is 1.15 bits per heavy atom. The van der Waals surface area contributed by atoms with Crippen LogP contribution in [0.3, 0.4) is 0 Å². The SMILES string of the molecule is C[C@@H]1CN(C)C[C@H](c2nnc(CCn3c(=O)n(C)c4ccccc43)o2)O1. The standard InChI is InChI=1S/C18H23N5O3/c1-12-10-21(2)11-15(25-12)17-20-19-16(26-17)8-9-23-14-7-5-4-6-13(14)22(3)18(23)24/h4-7,12,15H,8-11H2,1-3H3/t12-,15-/m1/s1. The van der Waals surface area contributed by atoms with E-state index in [0.717, 1.165) is 24.1 Å². The van der Waals surface area contributed by atoms with Crippen LogP contribution in [0.1, 0.15) is 24.8 Å². The van der Waals surface area contributed by atoms with Crippen molar-refractivity contribution in [2.75, 3.05) is 20.1 Å². The normalized spacial score (nSPS) is 21.5. The number of likely N-dealkylation sites (N-methyl/N-ethyl adjacent to an activating group) is 1. The zero-order valence-corrected chi connectivity index (χ0v) is 15.3. The number of imidazole rings is 1. The second-order valence-corrected chi connectivity index (χ2v) is 6.92. The van der Waals surface area contributed by atoms with Crippen LogP contribution in [0.15, 0.2) is 33.5 Å². The van der Waals surface area contributed by atoms with Crippen LogP contribution < -0.4 is 5.69 Å². The smallest absolute Gasteiger partial charge is 0.328 e. The van der Waals surface area contributed by atoms with Crippen LogP contribution in [0, 0.1) is 0 Å². The molecule has 26 heavy (non-hydrogen) atoms. The summed E-state index contributed by atoms with van der Waals surface area (Å²) in [5, 5.41) is 8.29. The Bertz CT molecular complexity index is 963. The lowest BCUT2D eigenvalue weighted by Gasteiger charge is -2.32. The van der Waals surface area contributed by atoms with E-state index < -0.39 is 0 Å². The lowest BCUT2D eigenvalue weighted by molar-refractivity contribution is -0.0825. The Hall–Kier alpha value is -2.45. The highest BCUT2D eigenvalue weighted by atomic mass is 16.5. The maximum Gasteiger partial charge on any atom is 0.328 e. The summed E-state index contributed by atoms with van der Waals surface area (Å²) < 4.78 is 15.1. The number of hydrogen-bond donors (Lipinski definition) is 0. The van der Waals surface area contributed by atoms with Gasteiger partial charge in [-0.3, -0.25) is 9.13 Å². The van der Waals surface area contributed by atoms with Gasteiger partial charge in [0.2, 0.25) is 11.8 Å². The van der Waals surface area contributed by atoms with E-state index in [4.69, 9.17) is 9.15 Å². The highest BCUT2D eigenvalue weighted by Gasteiger charge is 2.28. The number of aromatic nitrogens is 4. The quantitative estimate of drug-likeness (QED) is 0.702. The van der Waals surface area contributed by atoms with Gasteiger partial charge >= 0.3 is 5.69 Å². The molecule has 0 bridgehead atoms. The zero-order valence-electron chi connectivity index (χ0n) is 15.3. The minimum absolute atomic E-state index is 0.0444. The molecule has 1 aliphatic rings. The molecular formula is C18H23N5O3. The van der Waals surface area contributed by atoms with Crippen molar-refractivity contribution in [3.05, 3.63) is 46.5 Å². The van der Waals surface area contributed by atoms with Gasteiger partial charge in [-0.2, -0.15) is 0 Å². The summed E-state index contributed by atoms with van der Waals surface area (Å²) in [5.41, 5.74) is 1.78. The van der Waals surface area contributed by atoms with Gasteiger partial charge < -0.3 is 14.1 Å². The molecule has 1 fully saturated rings. The first-order chi connectivity index (χ1) is 12.5. The third-order valence-electron chi connectivity index (χ3n) is 4.80. The van der Waals surface area contributed by atoms with E-state index in [1.807, 2.05) is 31.2 Å². The third kappa shape index (κ3) is 3.06. The lowest BCUT2D eigenvalue weighted by atomic mass is 10.2. The molecule has 1 aliphatic heterocycles. The first-order valence-electron chi connectivity index (χ1n) is 8.83. The van der Waals surface area contributed by atoms with E-state index >= 15 is 0 Å². The monoisotopic (exact) mass is 357 g/mol. The molecule has 3 aromatic rings. The van der Waals surface area contributed by atoms with Gasteiger partial charge in [-0.1, -0.05) is 12.1 Å². The summed E-state index contributed by atoms with van der Waals surface area (Å²) in [7, 11) is 3.83. The van der Waals surface area contributed by atoms with E-state index in [9.17, 15) is 4.79 Å². The van der Waals surface area contributed by atoms with Gasteiger partial charge in [0.05, 0.1) is 17.1 Å². The molecule has 1 saturated heterocycles. The number of aryl methyl sites for hydroxylation is 3. The van der Waals surface area contributed by atoms with Crippen molar-refractivity contribution in [3.63, 3.8) is 0 Å². The van der Waals surface area contributed by atoms with Crippen LogP contribution in [0.5, 0.6) is 0 Å². The summed E-state index contributed by atoms with van der Waals surface area (Å²) in [6.45, 7) is 4.15. The first-order valence-corrected chi connectivity index (χ1v) is 8.83. The Morgan fingerprint density at radius 3 is 2.69 bits per heavy atom. The average molecular weight is 357 g/mol. The number of benzene rings is 1. The lowest BCUT2D eigenvalue weighted by Crippen LogP contribution is -2.40. The number of ether oxygens (including phenoxy) is 1. The van der Waals surface area contributed by atoms with Crippen molar-refractivity contribution in [1.82, 2.24) is 24.2 Å². The summed E-state index contributed by atoms with van der Waals surface area (Å²) in [6, 6.07) is 7.75. The van der Waals surface area contributed by atoms with Crippen molar-refractivity contribution >= 4 is 11.0 Å². The Labute approximate surface area is 151 Å². The molecule has 2 aromatic heterocycles. The molecule has 8 nitrogen and oxygen atoms in total. The molecule has 8 heteroatoms. The second-order valence-electron chi connectivity index (χ2n) is 6.92. The fourth-order valence-corrected chi connectivity index (χ4v) is 3.58. The average Bonchev–Trinajstić information content (AvgIpc) is 3.18. The van der Waals surface area contributed by atoms with Crippen LogP contribution in [-0.4, -0.2) is 50.5 Å². The number of fused-ring (bicyclic) bond motifs is 1. The maximum atomic E-state index is 12.5. The van der Waals surface area contributed by atoms with Gasteiger partial charge in [-0.05, 0) is 26.1 Å². The predicted octanol–water partition coefficient (Wildman–Crippen LogP) is 1.36. The fourth-order valence-electron chi connectivity index (χ4n) is 3.58. The van der Waals surface area contributed by atoms with Crippen molar-refractivity contribution < 1.29 is 9.15 Å². The van der Waals surface area contributed by atoms with E-state index in [1.165, 1.54) is 0 Å². The minimum atomic E-state index is -0.203. The van der Waals surface area contributed by atoms with Gasteiger partial charge in [0.1, 0.15) is 6.10 Å². The van der Waals surface area contributed by atoms with E-state index in [0.29, 0.717) is 24.7 Å². The molecule has 3 heterocycles. The molecule has 0 N–H and O–H groups in total. The van der Waals surface area contributed by atoms with Gasteiger partial charge in [-0.15, -0.1) is 10.2 Å².